The summed E-state index contributed by atoms with van der Waals surface area (Å²) in [5.74, 6) is 3.64. The van der Waals surface area contributed by atoms with Gasteiger partial charge in [0.05, 0.1) is 19.3 Å². The van der Waals surface area contributed by atoms with E-state index in [1.807, 2.05) is 12.1 Å². The monoisotopic (exact) mass is 333 g/mol. The van der Waals surface area contributed by atoms with Gasteiger partial charge in [-0.15, -0.1) is 6.42 Å². The number of fused-ring (bicyclic) bond motifs is 2. The van der Waals surface area contributed by atoms with Crippen molar-refractivity contribution in [1.29, 1.82) is 0 Å². The maximum Gasteiger partial charge on any atom is 0.119 e. The number of ether oxygens (including phenoxy) is 2. The number of benzene rings is 2. The molecule has 0 aliphatic carbocycles. The molecule has 128 valence electrons. The minimum absolute atomic E-state index is 0.0127. The summed E-state index contributed by atoms with van der Waals surface area (Å²) in [6.45, 7) is 2.63. The van der Waals surface area contributed by atoms with Crippen molar-refractivity contribution < 1.29 is 9.47 Å². The fraction of sp³-hybridized carbons (Fsp3) is 0.364. The first kappa shape index (κ1) is 16.2. The summed E-state index contributed by atoms with van der Waals surface area (Å²) in [6.07, 6.45) is 7.38. The van der Waals surface area contributed by atoms with E-state index >= 15 is 0 Å². The van der Waals surface area contributed by atoms with Gasteiger partial charge in [-0.2, -0.15) is 0 Å². The normalized spacial score (nSPS) is 21.7. The Balaban J connectivity index is 1.72. The minimum Gasteiger partial charge on any atom is -0.497 e. The lowest BCUT2D eigenvalue weighted by Gasteiger charge is -2.39. The van der Waals surface area contributed by atoms with Crippen LogP contribution in [0.2, 0.25) is 0 Å². The predicted octanol–water partition coefficient (Wildman–Crippen LogP) is 3.74. The second kappa shape index (κ2) is 6.55. The second-order valence-corrected chi connectivity index (χ2v) is 6.84. The number of rotatable bonds is 3. The highest BCUT2D eigenvalue weighted by Crippen LogP contribution is 2.52. The number of likely N-dealkylation sites (tertiary alicyclic amines) is 1. The molecule has 0 bridgehead atoms. The topological polar surface area (TPSA) is 21.7 Å². The highest BCUT2D eigenvalue weighted by molar-refractivity contribution is 5.47. The van der Waals surface area contributed by atoms with Crippen LogP contribution in [0.3, 0.4) is 0 Å². The molecule has 0 saturated carbocycles. The first-order valence-corrected chi connectivity index (χ1v) is 8.83. The Labute approximate surface area is 149 Å². The van der Waals surface area contributed by atoms with Crippen molar-refractivity contribution in [2.75, 3.05) is 26.7 Å². The molecular weight excluding hydrogens is 310 g/mol. The Kier molecular flexibility index (Phi) is 4.25. The molecule has 3 heteroatoms. The van der Waals surface area contributed by atoms with Crippen molar-refractivity contribution in [1.82, 2.24) is 4.90 Å². The van der Waals surface area contributed by atoms with E-state index in [0.29, 0.717) is 6.54 Å². The van der Waals surface area contributed by atoms with Crippen LogP contribution in [0.25, 0.3) is 0 Å². The smallest absolute Gasteiger partial charge is 0.119 e. The minimum atomic E-state index is -0.241. The van der Waals surface area contributed by atoms with Crippen molar-refractivity contribution in [3.63, 3.8) is 0 Å². The first-order chi connectivity index (χ1) is 12.3. The van der Waals surface area contributed by atoms with Gasteiger partial charge in [-0.3, -0.25) is 4.90 Å². The quantitative estimate of drug-likeness (QED) is 0.799. The molecule has 0 radical (unpaired) electrons. The van der Waals surface area contributed by atoms with E-state index in [1.165, 1.54) is 16.7 Å². The van der Waals surface area contributed by atoms with Gasteiger partial charge in [0.2, 0.25) is 0 Å². The fourth-order valence-corrected chi connectivity index (χ4v) is 4.10. The molecule has 1 fully saturated rings. The summed E-state index contributed by atoms with van der Waals surface area (Å²) >= 11 is 0. The summed E-state index contributed by atoms with van der Waals surface area (Å²) < 4.78 is 12.2. The molecule has 4 rings (SSSR count). The molecule has 1 spiro atoms. The Hall–Kier alpha value is -2.28. The summed E-state index contributed by atoms with van der Waals surface area (Å²) in [6, 6.07) is 16.8. The van der Waals surface area contributed by atoms with E-state index < -0.39 is 0 Å². The van der Waals surface area contributed by atoms with Gasteiger partial charge in [-0.05, 0) is 41.7 Å². The molecule has 2 aromatic carbocycles. The van der Waals surface area contributed by atoms with Crippen molar-refractivity contribution in [3.8, 4) is 18.1 Å². The molecule has 1 unspecified atom stereocenters. The van der Waals surface area contributed by atoms with Crippen molar-refractivity contribution in [2.45, 2.75) is 24.5 Å². The largest absolute Gasteiger partial charge is 0.497 e. The highest BCUT2D eigenvalue weighted by atomic mass is 16.5. The average Bonchev–Trinajstić information content (AvgIpc) is 2.98. The molecule has 2 heterocycles. The molecule has 0 aromatic heterocycles. The second-order valence-electron chi connectivity index (χ2n) is 6.84. The Bertz CT molecular complexity index is 785. The van der Waals surface area contributed by atoms with Gasteiger partial charge in [-0.25, -0.2) is 0 Å². The van der Waals surface area contributed by atoms with Crippen LogP contribution < -0.4 is 4.74 Å². The van der Waals surface area contributed by atoms with Crippen LogP contribution in [-0.2, 0) is 10.3 Å². The van der Waals surface area contributed by atoms with Gasteiger partial charge < -0.3 is 9.47 Å². The molecule has 2 aliphatic rings. The summed E-state index contributed by atoms with van der Waals surface area (Å²) in [5, 5.41) is 0. The van der Waals surface area contributed by atoms with Crippen molar-refractivity contribution in [2.24, 2.45) is 0 Å². The number of terminal acetylenes is 1. The van der Waals surface area contributed by atoms with Crippen LogP contribution in [0.1, 0.15) is 35.6 Å². The summed E-state index contributed by atoms with van der Waals surface area (Å²) in [7, 11) is 1.72. The van der Waals surface area contributed by atoms with Gasteiger partial charge in [0, 0.05) is 13.1 Å². The lowest BCUT2D eigenvalue weighted by molar-refractivity contribution is -0.0954. The Morgan fingerprint density at radius 3 is 2.64 bits per heavy atom. The standard InChI is InChI=1S/C22H23NO2/c1-3-13-23-14-11-22(12-15-23)20-16-18(24-2)9-10-19(20)21(25-22)17-7-5-4-6-8-17/h1,4-10,16,21H,11-15H2,2H3. The van der Waals surface area contributed by atoms with E-state index in [-0.39, 0.29) is 11.7 Å². The van der Waals surface area contributed by atoms with Gasteiger partial charge in [0.1, 0.15) is 11.9 Å². The van der Waals surface area contributed by atoms with E-state index in [9.17, 15) is 0 Å². The summed E-state index contributed by atoms with van der Waals surface area (Å²) in [4.78, 5) is 2.32. The highest BCUT2D eigenvalue weighted by Gasteiger charge is 2.47. The maximum atomic E-state index is 6.74. The van der Waals surface area contributed by atoms with Crippen LogP contribution in [-0.4, -0.2) is 31.6 Å². The van der Waals surface area contributed by atoms with Crippen LogP contribution in [0.15, 0.2) is 48.5 Å². The van der Waals surface area contributed by atoms with Gasteiger partial charge in [0.25, 0.3) is 0 Å². The third kappa shape index (κ3) is 2.82. The first-order valence-electron chi connectivity index (χ1n) is 8.83. The number of methoxy groups -OCH3 is 1. The van der Waals surface area contributed by atoms with Gasteiger partial charge in [0.15, 0.2) is 0 Å². The molecule has 3 nitrogen and oxygen atoms in total. The SMILES string of the molecule is C#CCN1CCC2(CC1)OC(c1ccccc1)c1ccc(OC)cc12. The molecule has 1 atom stereocenters. The van der Waals surface area contributed by atoms with Crippen molar-refractivity contribution >= 4 is 0 Å². The number of piperidine rings is 1. The summed E-state index contributed by atoms with van der Waals surface area (Å²) in [5.41, 5.74) is 3.51. The lowest BCUT2D eigenvalue weighted by atomic mass is 9.83. The Morgan fingerprint density at radius 1 is 1.20 bits per heavy atom. The van der Waals surface area contributed by atoms with Gasteiger partial charge >= 0.3 is 0 Å². The van der Waals surface area contributed by atoms with Gasteiger partial charge in [-0.1, -0.05) is 42.3 Å². The van der Waals surface area contributed by atoms with E-state index in [1.54, 1.807) is 7.11 Å². The average molecular weight is 333 g/mol. The third-order valence-corrected chi connectivity index (χ3v) is 5.46. The van der Waals surface area contributed by atoms with E-state index in [0.717, 1.165) is 31.7 Å². The zero-order valence-electron chi connectivity index (χ0n) is 14.6. The zero-order chi connectivity index (χ0) is 17.3. The molecular formula is C22H23NO2. The number of nitrogens with zero attached hydrogens (tertiary/aromatic N) is 1. The number of hydrogen-bond acceptors (Lipinski definition) is 3. The van der Waals surface area contributed by atoms with Crippen LogP contribution >= 0.6 is 0 Å². The molecule has 0 N–H and O–H groups in total. The maximum absolute atomic E-state index is 6.74. The lowest BCUT2D eigenvalue weighted by Crippen LogP contribution is -2.42. The van der Waals surface area contributed by atoms with Crippen LogP contribution in [0, 0.1) is 12.3 Å². The Morgan fingerprint density at radius 2 is 1.96 bits per heavy atom. The number of hydrogen-bond donors (Lipinski definition) is 0. The molecule has 1 saturated heterocycles. The fourth-order valence-electron chi connectivity index (χ4n) is 4.10. The van der Waals surface area contributed by atoms with Crippen LogP contribution in [0.4, 0.5) is 0 Å². The van der Waals surface area contributed by atoms with Crippen molar-refractivity contribution in [3.05, 3.63) is 65.2 Å². The molecule has 2 aromatic rings. The molecule has 2 aliphatic heterocycles. The van der Waals surface area contributed by atoms with E-state index in [2.05, 4.69) is 47.2 Å². The molecule has 0 amide bonds. The molecule has 25 heavy (non-hydrogen) atoms. The van der Waals surface area contributed by atoms with Crippen LogP contribution in [0.5, 0.6) is 5.75 Å². The third-order valence-electron chi connectivity index (χ3n) is 5.46. The zero-order valence-corrected chi connectivity index (χ0v) is 14.6. The predicted molar refractivity (Wildman–Crippen MR) is 98.5 cm³/mol. The van der Waals surface area contributed by atoms with E-state index in [4.69, 9.17) is 15.9 Å².